The minimum Gasteiger partial charge on any atom is -0.372 e. The fraction of sp³-hybridized carbons (Fsp3) is 0.381. The molecule has 0 atom stereocenters. The number of nitrogens with one attached hydrogen (secondary N) is 2. The Labute approximate surface area is 154 Å². The van der Waals surface area contributed by atoms with Crippen molar-refractivity contribution in [2.75, 3.05) is 29.9 Å². The number of urea groups is 1. The van der Waals surface area contributed by atoms with Gasteiger partial charge in [0.2, 0.25) is 0 Å². The molecule has 4 nitrogen and oxygen atoms in total. The number of carbonyl (C=O) groups is 1. The molecule has 1 aliphatic heterocycles. The van der Waals surface area contributed by atoms with Gasteiger partial charge in [0.25, 0.3) is 0 Å². The van der Waals surface area contributed by atoms with Crippen molar-refractivity contribution in [1.29, 1.82) is 0 Å². The normalized spacial score (nSPS) is 14.9. The lowest BCUT2D eigenvalue weighted by molar-refractivity contribution is 0.252. The largest absolute Gasteiger partial charge is 0.372 e. The van der Waals surface area contributed by atoms with Gasteiger partial charge >= 0.3 is 6.03 Å². The summed E-state index contributed by atoms with van der Waals surface area (Å²) < 4.78 is 13.5. The fourth-order valence-electron chi connectivity index (χ4n) is 3.21. The molecule has 2 aromatic rings. The van der Waals surface area contributed by atoms with Crippen LogP contribution in [0.25, 0.3) is 0 Å². The van der Waals surface area contributed by atoms with E-state index in [-0.39, 0.29) is 11.8 Å². The lowest BCUT2D eigenvalue weighted by Gasteiger charge is -2.32. The zero-order valence-corrected chi connectivity index (χ0v) is 15.2. The van der Waals surface area contributed by atoms with E-state index in [9.17, 15) is 9.18 Å². The number of rotatable bonds is 5. The van der Waals surface area contributed by atoms with Crippen LogP contribution < -0.4 is 15.5 Å². The Hall–Kier alpha value is -2.56. The van der Waals surface area contributed by atoms with Crippen molar-refractivity contribution in [3.05, 3.63) is 59.9 Å². The second kappa shape index (κ2) is 8.70. The average molecular weight is 355 g/mol. The number of nitrogens with zero attached hydrogens (tertiary/aromatic N) is 1. The van der Waals surface area contributed by atoms with Crippen molar-refractivity contribution in [3.63, 3.8) is 0 Å². The van der Waals surface area contributed by atoms with Crippen molar-refractivity contribution in [1.82, 2.24) is 5.32 Å². The van der Waals surface area contributed by atoms with Crippen LogP contribution in [0.2, 0.25) is 0 Å². The van der Waals surface area contributed by atoms with Gasteiger partial charge in [0.1, 0.15) is 5.82 Å². The Bertz CT molecular complexity index is 724. The van der Waals surface area contributed by atoms with Crippen LogP contribution in [0.5, 0.6) is 0 Å². The summed E-state index contributed by atoms with van der Waals surface area (Å²) in [5, 5.41) is 5.58. The first kappa shape index (κ1) is 18.2. The van der Waals surface area contributed by atoms with Gasteiger partial charge in [-0.1, -0.05) is 25.1 Å². The molecule has 2 aromatic carbocycles. The van der Waals surface area contributed by atoms with Crippen LogP contribution in [-0.2, 0) is 6.42 Å². The Kier molecular flexibility index (Phi) is 6.10. The maximum Gasteiger partial charge on any atom is 0.319 e. The Balaban J connectivity index is 1.45. The van der Waals surface area contributed by atoms with Gasteiger partial charge in [0.15, 0.2) is 0 Å². The summed E-state index contributed by atoms with van der Waals surface area (Å²) >= 11 is 0. The topological polar surface area (TPSA) is 44.4 Å². The van der Waals surface area contributed by atoms with Gasteiger partial charge in [0.05, 0.1) is 0 Å². The number of anilines is 2. The fourth-order valence-corrected chi connectivity index (χ4v) is 3.21. The molecule has 0 radical (unpaired) electrons. The number of hydrogen-bond donors (Lipinski definition) is 2. The molecule has 138 valence electrons. The van der Waals surface area contributed by atoms with Gasteiger partial charge in [-0.15, -0.1) is 0 Å². The molecule has 5 heteroatoms. The molecule has 2 amide bonds. The van der Waals surface area contributed by atoms with Crippen LogP contribution in [0.1, 0.15) is 25.3 Å². The highest BCUT2D eigenvalue weighted by Gasteiger charge is 2.15. The number of carbonyl (C=O) groups excluding carboxylic acids is 1. The standard InChI is InChI=1S/C21H26FN3O/c1-16-11-14-25(15-12-16)19-8-6-18(7-9-19)24-21(26)23-13-10-17-4-2-3-5-20(17)22/h2-9,16H,10-15H2,1H3,(H2,23,24,26). The summed E-state index contributed by atoms with van der Waals surface area (Å²) in [6.45, 7) is 4.86. The summed E-state index contributed by atoms with van der Waals surface area (Å²) in [4.78, 5) is 14.4. The summed E-state index contributed by atoms with van der Waals surface area (Å²) in [5.41, 5.74) is 2.55. The molecule has 3 rings (SSSR count). The molecule has 0 unspecified atom stereocenters. The second-order valence-corrected chi connectivity index (χ2v) is 6.94. The monoisotopic (exact) mass is 355 g/mol. The van der Waals surface area contributed by atoms with Crippen molar-refractivity contribution < 1.29 is 9.18 Å². The average Bonchev–Trinajstić information content (AvgIpc) is 2.65. The third-order valence-electron chi connectivity index (χ3n) is 4.91. The van der Waals surface area contributed by atoms with Gasteiger partial charge in [-0.25, -0.2) is 9.18 Å². The maximum absolute atomic E-state index is 13.5. The first-order valence-electron chi connectivity index (χ1n) is 9.25. The first-order chi connectivity index (χ1) is 12.6. The molecule has 1 heterocycles. The molecular formula is C21H26FN3O. The SMILES string of the molecule is CC1CCN(c2ccc(NC(=O)NCCc3ccccc3F)cc2)CC1. The summed E-state index contributed by atoms with van der Waals surface area (Å²) in [7, 11) is 0. The predicted octanol–water partition coefficient (Wildman–Crippen LogP) is 4.43. The van der Waals surface area contributed by atoms with Crippen molar-refractivity contribution in [2.24, 2.45) is 5.92 Å². The van der Waals surface area contributed by atoms with E-state index >= 15 is 0 Å². The van der Waals surface area contributed by atoms with E-state index in [4.69, 9.17) is 0 Å². The minimum atomic E-state index is -0.277. The van der Waals surface area contributed by atoms with E-state index < -0.39 is 0 Å². The van der Waals surface area contributed by atoms with Gasteiger partial charge in [-0.2, -0.15) is 0 Å². The quantitative estimate of drug-likeness (QED) is 0.833. The minimum absolute atomic E-state index is 0.239. The molecular weight excluding hydrogens is 329 g/mol. The van der Waals surface area contributed by atoms with Gasteiger partial charge in [-0.3, -0.25) is 0 Å². The highest BCUT2D eigenvalue weighted by atomic mass is 19.1. The number of piperidine rings is 1. The summed E-state index contributed by atoms with van der Waals surface area (Å²) in [6.07, 6.45) is 2.92. The van der Waals surface area contributed by atoms with E-state index in [2.05, 4.69) is 22.5 Å². The molecule has 0 aliphatic carbocycles. The van der Waals surface area contributed by atoms with E-state index in [1.165, 1.54) is 24.6 Å². The van der Waals surface area contributed by atoms with Crippen molar-refractivity contribution in [3.8, 4) is 0 Å². The van der Waals surface area contributed by atoms with Gasteiger partial charge in [0, 0.05) is 31.0 Å². The summed E-state index contributed by atoms with van der Waals surface area (Å²) in [5.74, 6) is 0.567. The Morgan fingerprint density at radius 3 is 2.50 bits per heavy atom. The first-order valence-corrected chi connectivity index (χ1v) is 9.25. The smallest absolute Gasteiger partial charge is 0.319 e. The third kappa shape index (κ3) is 4.97. The Morgan fingerprint density at radius 1 is 1.12 bits per heavy atom. The lowest BCUT2D eigenvalue weighted by atomic mass is 9.99. The molecule has 2 N–H and O–H groups in total. The van der Waals surface area contributed by atoms with Crippen LogP contribution in [-0.4, -0.2) is 25.7 Å². The molecule has 0 aromatic heterocycles. The van der Waals surface area contributed by atoms with Crippen LogP contribution >= 0.6 is 0 Å². The number of benzene rings is 2. The number of amides is 2. The zero-order valence-electron chi connectivity index (χ0n) is 15.2. The lowest BCUT2D eigenvalue weighted by Crippen LogP contribution is -2.32. The second-order valence-electron chi connectivity index (χ2n) is 6.94. The summed E-state index contributed by atoms with van der Waals surface area (Å²) in [6, 6.07) is 14.3. The zero-order chi connectivity index (χ0) is 18.4. The highest BCUT2D eigenvalue weighted by molar-refractivity contribution is 5.89. The number of hydrogen-bond acceptors (Lipinski definition) is 2. The molecule has 0 bridgehead atoms. The van der Waals surface area contributed by atoms with Crippen LogP contribution in [0, 0.1) is 11.7 Å². The van der Waals surface area contributed by atoms with E-state index in [1.807, 2.05) is 24.3 Å². The van der Waals surface area contributed by atoms with E-state index in [1.54, 1.807) is 18.2 Å². The maximum atomic E-state index is 13.5. The van der Waals surface area contributed by atoms with Crippen molar-refractivity contribution in [2.45, 2.75) is 26.2 Å². The molecule has 1 saturated heterocycles. The predicted molar refractivity (Wildman–Crippen MR) is 104 cm³/mol. The third-order valence-corrected chi connectivity index (χ3v) is 4.91. The van der Waals surface area contributed by atoms with Crippen LogP contribution in [0.15, 0.2) is 48.5 Å². The van der Waals surface area contributed by atoms with Gasteiger partial charge < -0.3 is 15.5 Å². The molecule has 26 heavy (non-hydrogen) atoms. The van der Waals surface area contributed by atoms with E-state index in [0.717, 1.165) is 24.7 Å². The van der Waals surface area contributed by atoms with E-state index in [0.29, 0.717) is 18.5 Å². The van der Waals surface area contributed by atoms with Crippen LogP contribution in [0.3, 0.4) is 0 Å². The molecule has 1 fully saturated rings. The Morgan fingerprint density at radius 2 is 1.81 bits per heavy atom. The molecule has 0 saturated carbocycles. The van der Waals surface area contributed by atoms with Crippen molar-refractivity contribution >= 4 is 17.4 Å². The molecule has 0 spiro atoms. The van der Waals surface area contributed by atoms with Gasteiger partial charge in [-0.05, 0) is 61.1 Å². The highest BCUT2D eigenvalue weighted by Crippen LogP contribution is 2.24. The number of halogens is 1. The van der Waals surface area contributed by atoms with Crippen LogP contribution in [0.4, 0.5) is 20.6 Å². The molecule has 1 aliphatic rings.